The van der Waals surface area contributed by atoms with Crippen molar-refractivity contribution < 1.29 is 4.74 Å². The van der Waals surface area contributed by atoms with Crippen LogP contribution in [-0.2, 0) is 4.74 Å². The second-order valence-electron chi connectivity index (χ2n) is 5.83. The smallest absolute Gasteiger partial charge is 0.0895 e. The van der Waals surface area contributed by atoms with E-state index in [9.17, 15) is 0 Å². The van der Waals surface area contributed by atoms with Crippen LogP contribution in [0.1, 0.15) is 36.1 Å². The van der Waals surface area contributed by atoms with Crippen molar-refractivity contribution in [2.24, 2.45) is 5.92 Å². The molecule has 0 unspecified atom stereocenters. The highest BCUT2D eigenvalue weighted by Crippen LogP contribution is 2.49. The highest BCUT2D eigenvalue weighted by molar-refractivity contribution is 6.31. The van der Waals surface area contributed by atoms with E-state index in [0.717, 1.165) is 18.1 Å². The molecule has 3 atom stereocenters. The van der Waals surface area contributed by atoms with Gasteiger partial charge in [-0.3, -0.25) is 0 Å². The molecule has 4 rings (SSSR count). The molecule has 1 saturated heterocycles. The fourth-order valence-electron chi connectivity index (χ4n) is 3.65. The number of ether oxygens (including phenoxy) is 1. The van der Waals surface area contributed by atoms with Gasteiger partial charge in [0.1, 0.15) is 0 Å². The van der Waals surface area contributed by atoms with Crippen LogP contribution in [0.5, 0.6) is 0 Å². The lowest BCUT2D eigenvalue weighted by Crippen LogP contribution is -2.36. The van der Waals surface area contributed by atoms with Gasteiger partial charge in [-0.2, -0.15) is 0 Å². The molecule has 2 aliphatic heterocycles. The average Bonchev–Trinajstić information content (AvgIpc) is 2.55. The van der Waals surface area contributed by atoms with Crippen molar-refractivity contribution in [2.75, 3.05) is 11.9 Å². The third-order valence-corrected chi connectivity index (χ3v) is 4.96. The van der Waals surface area contributed by atoms with Crippen LogP contribution in [0.25, 0.3) is 0 Å². The van der Waals surface area contributed by atoms with Crippen molar-refractivity contribution in [3.8, 4) is 0 Å². The number of benzene rings is 2. The Hall–Kier alpha value is -1.51. The number of hydrogen-bond acceptors (Lipinski definition) is 2. The fourth-order valence-corrected chi connectivity index (χ4v) is 3.91. The number of para-hydroxylation sites is 1. The molecule has 0 amide bonds. The molecule has 1 fully saturated rings. The third-order valence-electron chi connectivity index (χ3n) is 4.61. The summed E-state index contributed by atoms with van der Waals surface area (Å²) in [5.74, 6) is 0.438. The van der Waals surface area contributed by atoms with E-state index in [0.29, 0.717) is 5.92 Å². The first-order chi connectivity index (χ1) is 10.3. The summed E-state index contributed by atoms with van der Waals surface area (Å²) in [6.45, 7) is 0.852. The molecular formula is C18H18ClNO. The second kappa shape index (κ2) is 5.36. The number of anilines is 1. The summed E-state index contributed by atoms with van der Waals surface area (Å²) in [5.41, 5.74) is 3.63. The Bertz CT molecular complexity index is 657. The third kappa shape index (κ3) is 2.23. The van der Waals surface area contributed by atoms with Gasteiger partial charge in [-0.25, -0.2) is 0 Å². The minimum absolute atomic E-state index is 0.178. The Morgan fingerprint density at radius 2 is 1.76 bits per heavy atom. The van der Waals surface area contributed by atoms with Gasteiger partial charge in [0.05, 0.1) is 12.1 Å². The van der Waals surface area contributed by atoms with Crippen molar-refractivity contribution in [3.63, 3.8) is 0 Å². The van der Waals surface area contributed by atoms with E-state index >= 15 is 0 Å². The van der Waals surface area contributed by atoms with E-state index in [1.165, 1.54) is 23.2 Å². The molecule has 0 spiro atoms. The molecule has 0 aliphatic carbocycles. The lowest BCUT2D eigenvalue weighted by molar-refractivity contribution is -0.0381. The standard InChI is InChI=1S/C18H18ClNO/c19-15-9-3-1-6-12(15)17-14-8-5-11-21-18(14)13-7-2-4-10-16(13)20-17/h1-4,6-7,9-10,14,17-18,20H,5,8,11H2/t14-,17+,18+/m0/s1. The molecule has 2 aliphatic rings. The second-order valence-corrected chi connectivity index (χ2v) is 6.24. The van der Waals surface area contributed by atoms with E-state index in [1.807, 2.05) is 12.1 Å². The van der Waals surface area contributed by atoms with Crippen LogP contribution in [0.2, 0.25) is 5.02 Å². The molecule has 0 saturated carbocycles. The SMILES string of the molecule is Clc1ccccc1[C@H]1Nc2ccccc2[C@H]2OCCC[C@@H]12. The van der Waals surface area contributed by atoms with Gasteiger partial charge >= 0.3 is 0 Å². The molecule has 0 aromatic heterocycles. The van der Waals surface area contributed by atoms with Crippen LogP contribution >= 0.6 is 11.6 Å². The molecule has 2 aromatic rings. The fraction of sp³-hybridized carbons (Fsp3) is 0.333. The highest BCUT2D eigenvalue weighted by atomic mass is 35.5. The van der Waals surface area contributed by atoms with Gasteiger partial charge in [0.25, 0.3) is 0 Å². The molecule has 108 valence electrons. The number of fused-ring (bicyclic) bond motifs is 3. The monoisotopic (exact) mass is 299 g/mol. The van der Waals surface area contributed by atoms with E-state index in [1.54, 1.807) is 0 Å². The van der Waals surface area contributed by atoms with Crippen LogP contribution in [0.3, 0.4) is 0 Å². The lowest BCUT2D eigenvalue weighted by Gasteiger charge is -2.43. The van der Waals surface area contributed by atoms with Crippen LogP contribution < -0.4 is 5.32 Å². The minimum atomic E-state index is 0.178. The first kappa shape index (κ1) is 13.2. The Kier molecular flexibility index (Phi) is 3.36. The van der Waals surface area contributed by atoms with Crippen molar-refractivity contribution in [2.45, 2.75) is 25.0 Å². The predicted molar refractivity (Wildman–Crippen MR) is 85.7 cm³/mol. The number of hydrogen-bond donors (Lipinski definition) is 1. The van der Waals surface area contributed by atoms with E-state index in [4.69, 9.17) is 16.3 Å². The Labute approximate surface area is 130 Å². The first-order valence-electron chi connectivity index (χ1n) is 7.56. The van der Waals surface area contributed by atoms with Crippen LogP contribution in [-0.4, -0.2) is 6.61 Å². The summed E-state index contributed by atoms with van der Waals surface area (Å²) in [6, 6.07) is 16.8. The average molecular weight is 300 g/mol. The van der Waals surface area contributed by atoms with Crippen LogP contribution in [0.4, 0.5) is 5.69 Å². The topological polar surface area (TPSA) is 21.3 Å². The summed E-state index contributed by atoms with van der Waals surface area (Å²) in [4.78, 5) is 0. The van der Waals surface area contributed by atoms with Gasteiger partial charge in [-0.15, -0.1) is 0 Å². The summed E-state index contributed by atoms with van der Waals surface area (Å²) in [6.07, 6.45) is 2.46. The number of rotatable bonds is 1. The van der Waals surface area contributed by atoms with Crippen molar-refractivity contribution in [3.05, 3.63) is 64.7 Å². The summed E-state index contributed by atoms with van der Waals surface area (Å²) < 4.78 is 6.12. The maximum atomic E-state index is 6.44. The molecule has 0 bridgehead atoms. The predicted octanol–water partition coefficient (Wildman–Crippen LogP) is 4.97. The van der Waals surface area contributed by atoms with Gasteiger partial charge < -0.3 is 10.1 Å². The van der Waals surface area contributed by atoms with E-state index < -0.39 is 0 Å². The zero-order valence-electron chi connectivity index (χ0n) is 11.8. The first-order valence-corrected chi connectivity index (χ1v) is 7.94. The van der Waals surface area contributed by atoms with Gasteiger partial charge in [-0.1, -0.05) is 48.0 Å². The maximum Gasteiger partial charge on any atom is 0.0895 e. The Balaban J connectivity index is 1.80. The normalized spacial score (nSPS) is 27.4. The molecule has 0 radical (unpaired) electrons. The largest absolute Gasteiger partial charge is 0.377 e. The van der Waals surface area contributed by atoms with Gasteiger partial charge in [-0.05, 0) is 30.5 Å². The molecule has 2 heterocycles. The van der Waals surface area contributed by atoms with Crippen LogP contribution in [0, 0.1) is 5.92 Å². The molecular weight excluding hydrogens is 282 g/mol. The summed E-state index contributed by atoms with van der Waals surface area (Å²) in [5, 5.41) is 4.52. The van der Waals surface area contributed by atoms with Gasteiger partial charge in [0.15, 0.2) is 0 Å². The van der Waals surface area contributed by atoms with Gasteiger partial charge in [0.2, 0.25) is 0 Å². The Morgan fingerprint density at radius 1 is 1.00 bits per heavy atom. The molecule has 2 aromatic carbocycles. The highest BCUT2D eigenvalue weighted by Gasteiger charge is 2.40. The lowest BCUT2D eigenvalue weighted by atomic mass is 9.77. The zero-order valence-corrected chi connectivity index (χ0v) is 12.5. The summed E-state index contributed by atoms with van der Waals surface area (Å²) >= 11 is 6.44. The summed E-state index contributed by atoms with van der Waals surface area (Å²) in [7, 11) is 0. The molecule has 21 heavy (non-hydrogen) atoms. The molecule has 2 nitrogen and oxygen atoms in total. The maximum absolute atomic E-state index is 6.44. The number of halogens is 1. The van der Waals surface area contributed by atoms with Gasteiger partial charge in [0, 0.05) is 28.8 Å². The van der Waals surface area contributed by atoms with Crippen LogP contribution in [0.15, 0.2) is 48.5 Å². The quantitative estimate of drug-likeness (QED) is 0.802. The zero-order chi connectivity index (χ0) is 14.2. The van der Waals surface area contributed by atoms with E-state index in [2.05, 4.69) is 41.7 Å². The van der Waals surface area contributed by atoms with Crippen molar-refractivity contribution in [1.82, 2.24) is 0 Å². The van der Waals surface area contributed by atoms with E-state index in [-0.39, 0.29) is 12.1 Å². The Morgan fingerprint density at radius 3 is 2.62 bits per heavy atom. The van der Waals surface area contributed by atoms with Crippen molar-refractivity contribution in [1.29, 1.82) is 0 Å². The van der Waals surface area contributed by atoms with Crippen molar-refractivity contribution >= 4 is 17.3 Å². The molecule has 1 N–H and O–H groups in total. The molecule has 3 heteroatoms. The number of nitrogens with one attached hydrogen (secondary N) is 1. The minimum Gasteiger partial charge on any atom is -0.377 e.